The number of rotatable bonds is 3. The average molecular weight is 197 g/mol. The van der Waals surface area contributed by atoms with Gasteiger partial charge in [-0.25, -0.2) is 0 Å². The van der Waals surface area contributed by atoms with E-state index in [0.717, 1.165) is 6.54 Å². The summed E-state index contributed by atoms with van der Waals surface area (Å²) in [4.78, 5) is 2.46. The van der Waals surface area contributed by atoms with E-state index in [2.05, 4.69) is 4.90 Å². The molecule has 0 aliphatic carbocycles. The Kier molecular flexibility index (Phi) is 4.94. The van der Waals surface area contributed by atoms with Gasteiger partial charge in [0, 0.05) is 12.5 Å². The van der Waals surface area contributed by atoms with Gasteiger partial charge < -0.3 is 10.6 Å². The van der Waals surface area contributed by atoms with Crippen molar-refractivity contribution in [2.45, 2.75) is 39.0 Å². The van der Waals surface area contributed by atoms with Crippen LogP contribution in [0.1, 0.15) is 39.0 Å². The Labute approximate surface area is 87.2 Å². The fourth-order valence-electron chi connectivity index (χ4n) is 1.98. The van der Waals surface area contributed by atoms with E-state index in [4.69, 9.17) is 11.1 Å². The van der Waals surface area contributed by atoms with Crippen LogP contribution in [0.15, 0.2) is 0 Å². The first-order chi connectivity index (χ1) is 6.70. The topological polar surface area (TPSA) is 53.1 Å². The third kappa shape index (κ3) is 4.09. The molecule has 0 amide bonds. The zero-order valence-electron chi connectivity index (χ0n) is 9.26. The molecule has 1 rings (SSSR count). The molecule has 0 spiro atoms. The number of amidine groups is 1. The van der Waals surface area contributed by atoms with Crippen molar-refractivity contribution in [1.82, 2.24) is 4.90 Å². The normalized spacial score (nSPS) is 22.4. The third-order valence-electron chi connectivity index (χ3n) is 3.01. The van der Waals surface area contributed by atoms with Crippen LogP contribution in [0.25, 0.3) is 0 Å². The summed E-state index contributed by atoms with van der Waals surface area (Å²) in [5, 5.41) is 7.37. The highest BCUT2D eigenvalue weighted by Crippen LogP contribution is 2.11. The third-order valence-corrected chi connectivity index (χ3v) is 3.01. The smallest absolute Gasteiger partial charge is 0.0947 e. The van der Waals surface area contributed by atoms with Crippen molar-refractivity contribution in [3.63, 3.8) is 0 Å². The predicted octanol–water partition coefficient (Wildman–Crippen LogP) is 1.82. The minimum absolute atomic E-state index is 0.217. The van der Waals surface area contributed by atoms with E-state index in [1.807, 2.05) is 6.92 Å². The molecule has 3 nitrogen and oxygen atoms in total. The average Bonchev–Trinajstić information content (AvgIpc) is 2.08. The van der Waals surface area contributed by atoms with Crippen LogP contribution in [-0.2, 0) is 0 Å². The second-order valence-corrected chi connectivity index (χ2v) is 4.42. The lowest BCUT2D eigenvalue weighted by Gasteiger charge is -2.26. The van der Waals surface area contributed by atoms with Crippen LogP contribution in [-0.4, -0.2) is 30.4 Å². The Morgan fingerprint density at radius 2 is 1.71 bits per heavy atom. The number of hydrogen-bond acceptors (Lipinski definition) is 2. The summed E-state index contributed by atoms with van der Waals surface area (Å²) in [5.74, 6) is 0.543. The first-order valence-corrected chi connectivity index (χ1v) is 5.76. The molecule has 0 aromatic rings. The van der Waals surface area contributed by atoms with Crippen molar-refractivity contribution in [3.05, 3.63) is 0 Å². The minimum atomic E-state index is 0.217. The maximum atomic E-state index is 7.37. The standard InChI is InChI=1S/C11H23N3/c1-10(11(12)13)9-14-7-5-3-2-4-6-8-14/h10H,2-9H2,1H3,(H3,12,13). The second kappa shape index (κ2) is 6.02. The molecule has 1 fully saturated rings. The number of hydrogen-bond donors (Lipinski definition) is 2. The van der Waals surface area contributed by atoms with Crippen LogP contribution in [0, 0.1) is 11.3 Å². The molecule has 0 bridgehead atoms. The van der Waals surface area contributed by atoms with Crippen LogP contribution in [0.2, 0.25) is 0 Å². The first-order valence-electron chi connectivity index (χ1n) is 5.76. The molecular weight excluding hydrogens is 174 g/mol. The molecule has 3 N–H and O–H groups in total. The van der Waals surface area contributed by atoms with E-state index in [1.54, 1.807) is 0 Å². The van der Waals surface area contributed by atoms with Gasteiger partial charge >= 0.3 is 0 Å². The summed E-state index contributed by atoms with van der Waals surface area (Å²) in [6.45, 7) is 5.39. The molecule has 1 aliphatic rings. The van der Waals surface area contributed by atoms with Gasteiger partial charge in [-0.05, 0) is 25.9 Å². The van der Waals surface area contributed by atoms with Crippen LogP contribution < -0.4 is 5.73 Å². The summed E-state index contributed by atoms with van der Waals surface area (Å²) in [6, 6.07) is 0. The fourth-order valence-corrected chi connectivity index (χ4v) is 1.98. The van der Waals surface area contributed by atoms with E-state index < -0.39 is 0 Å². The zero-order valence-corrected chi connectivity index (χ0v) is 9.26. The molecular formula is C11H23N3. The van der Waals surface area contributed by atoms with E-state index in [-0.39, 0.29) is 5.92 Å². The number of nitrogens with zero attached hydrogens (tertiary/aromatic N) is 1. The predicted molar refractivity (Wildman–Crippen MR) is 60.6 cm³/mol. The molecule has 1 atom stereocenters. The largest absolute Gasteiger partial charge is 0.387 e. The minimum Gasteiger partial charge on any atom is -0.387 e. The summed E-state index contributed by atoms with van der Waals surface area (Å²) in [7, 11) is 0. The summed E-state index contributed by atoms with van der Waals surface area (Å²) in [6.07, 6.45) is 6.75. The Morgan fingerprint density at radius 1 is 1.21 bits per heavy atom. The monoisotopic (exact) mass is 197 g/mol. The van der Waals surface area contributed by atoms with Crippen LogP contribution in [0.4, 0.5) is 0 Å². The summed E-state index contributed by atoms with van der Waals surface area (Å²) < 4.78 is 0. The van der Waals surface area contributed by atoms with Gasteiger partial charge in [0.1, 0.15) is 0 Å². The van der Waals surface area contributed by atoms with Crippen molar-refractivity contribution >= 4 is 5.84 Å². The highest BCUT2D eigenvalue weighted by molar-refractivity contribution is 5.79. The Balaban J connectivity index is 2.29. The van der Waals surface area contributed by atoms with E-state index in [0.29, 0.717) is 5.84 Å². The Morgan fingerprint density at radius 3 is 2.21 bits per heavy atom. The SMILES string of the molecule is CC(CN1CCCCCCC1)C(=N)N. The van der Waals surface area contributed by atoms with E-state index in [9.17, 15) is 0 Å². The molecule has 1 unspecified atom stereocenters. The van der Waals surface area contributed by atoms with Crippen molar-refractivity contribution in [1.29, 1.82) is 5.41 Å². The van der Waals surface area contributed by atoms with Crippen LogP contribution in [0.3, 0.4) is 0 Å². The van der Waals surface area contributed by atoms with E-state index in [1.165, 1.54) is 45.2 Å². The van der Waals surface area contributed by atoms with Crippen molar-refractivity contribution < 1.29 is 0 Å². The second-order valence-electron chi connectivity index (χ2n) is 4.42. The quantitative estimate of drug-likeness (QED) is 0.535. The number of nitrogens with one attached hydrogen (secondary N) is 1. The first kappa shape index (κ1) is 11.5. The lowest BCUT2D eigenvalue weighted by molar-refractivity contribution is 0.234. The maximum Gasteiger partial charge on any atom is 0.0947 e. The summed E-state index contributed by atoms with van der Waals surface area (Å²) in [5.41, 5.74) is 5.48. The highest BCUT2D eigenvalue weighted by atomic mass is 15.1. The van der Waals surface area contributed by atoms with Gasteiger partial charge in [-0.2, -0.15) is 0 Å². The van der Waals surface area contributed by atoms with Gasteiger partial charge in [0.05, 0.1) is 5.84 Å². The van der Waals surface area contributed by atoms with Gasteiger partial charge in [0.25, 0.3) is 0 Å². The molecule has 0 aromatic carbocycles. The van der Waals surface area contributed by atoms with E-state index >= 15 is 0 Å². The highest BCUT2D eigenvalue weighted by Gasteiger charge is 2.13. The zero-order chi connectivity index (χ0) is 10.4. The Hall–Kier alpha value is -0.570. The van der Waals surface area contributed by atoms with Gasteiger partial charge in [-0.15, -0.1) is 0 Å². The van der Waals surface area contributed by atoms with Gasteiger partial charge in [-0.3, -0.25) is 5.41 Å². The molecule has 14 heavy (non-hydrogen) atoms. The van der Waals surface area contributed by atoms with Crippen LogP contribution >= 0.6 is 0 Å². The lowest BCUT2D eigenvalue weighted by atomic mass is 10.1. The van der Waals surface area contributed by atoms with Crippen molar-refractivity contribution in [2.75, 3.05) is 19.6 Å². The molecule has 3 heteroatoms. The number of likely N-dealkylation sites (tertiary alicyclic amines) is 1. The van der Waals surface area contributed by atoms with Gasteiger partial charge in [0.2, 0.25) is 0 Å². The summed E-state index contributed by atoms with van der Waals surface area (Å²) >= 11 is 0. The van der Waals surface area contributed by atoms with Gasteiger partial charge in [-0.1, -0.05) is 26.2 Å². The molecule has 1 saturated heterocycles. The molecule has 0 aromatic heterocycles. The number of nitrogens with two attached hydrogens (primary N) is 1. The molecule has 82 valence electrons. The molecule has 0 saturated carbocycles. The molecule has 0 radical (unpaired) electrons. The lowest BCUT2D eigenvalue weighted by Crippen LogP contribution is -2.36. The molecule has 1 aliphatic heterocycles. The molecule has 1 heterocycles. The van der Waals surface area contributed by atoms with Crippen LogP contribution in [0.5, 0.6) is 0 Å². The van der Waals surface area contributed by atoms with Crippen molar-refractivity contribution in [2.24, 2.45) is 11.7 Å². The Bertz CT molecular complexity index is 171. The van der Waals surface area contributed by atoms with Crippen molar-refractivity contribution in [3.8, 4) is 0 Å². The fraction of sp³-hybridized carbons (Fsp3) is 0.909. The maximum absolute atomic E-state index is 7.37. The van der Waals surface area contributed by atoms with Gasteiger partial charge in [0.15, 0.2) is 0 Å².